The van der Waals surface area contributed by atoms with Crippen LogP contribution >= 0.6 is 0 Å². The molecule has 0 aromatic heterocycles. The van der Waals surface area contributed by atoms with Gasteiger partial charge in [0.2, 0.25) is 5.91 Å². The number of piperidine rings is 1. The molecule has 35 heavy (non-hydrogen) atoms. The van der Waals surface area contributed by atoms with Gasteiger partial charge in [-0.1, -0.05) is 55.5 Å². The monoisotopic (exact) mass is 480 g/mol. The van der Waals surface area contributed by atoms with E-state index in [1.54, 1.807) is 6.92 Å². The van der Waals surface area contributed by atoms with E-state index in [0.29, 0.717) is 19.4 Å². The molecule has 1 heterocycles. The number of hydrogen-bond acceptors (Lipinski definition) is 5. The van der Waals surface area contributed by atoms with Gasteiger partial charge in [0.05, 0.1) is 12.0 Å². The molecular formula is C27H32N2O6. The number of amides is 2. The highest BCUT2D eigenvalue weighted by Gasteiger charge is 2.34. The predicted molar refractivity (Wildman–Crippen MR) is 130 cm³/mol. The Balaban J connectivity index is 1.20. The van der Waals surface area contributed by atoms with Gasteiger partial charge in [0, 0.05) is 31.5 Å². The van der Waals surface area contributed by atoms with E-state index in [2.05, 4.69) is 29.6 Å². The van der Waals surface area contributed by atoms with Crippen molar-refractivity contribution in [3.63, 3.8) is 0 Å². The molecule has 1 fully saturated rings. The molecule has 0 saturated carbocycles. The number of carbonyl (C=O) groups is 3. The van der Waals surface area contributed by atoms with Gasteiger partial charge in [0.15, 0.2) is 0 Å². The summed E-state index contributed by atoms with van der Waals surface area (Å²) >= 11 is 0. The van der Waals surface area contributed by atoms with Gasteiger partial charge in [-0.15, -0.1) is 0 Å². The summed E-state index contributed by atoms with van der Waals surface area (Å²) in [6.07, 6.45) is -0.0363. The molecule has 4 rings (SSSR count). The van der Waals surface area contributed by atoms with E-state index in [-0.39, 0.29) is 43.9 Å². The maximum Gasteiger partial charge on any atom is 0.407 e. The Labute approximate surface area is 204 Å². The summed E-state index contributed by atoms with van der Waals surface area (Å²) in [4.78, 5) is 37.7. The number of ether oxygens (including phenoxy) is 1. The number of likely N-dealkylation sites (tertiary alicyclic amines) is 1. The summed E-state index contributed by atoms with van der Waals surface area (Å²) in [6.45, 7) is 2.68. The van der Waals surface area contributed by atoms with Crippen LogP contribution in [0.4, 0.5) is 4.79 Å². The molecule has 1 saturated heterocycles. The normalized spacial score (nSPS) is 20.0. The number of aliphatic hydroxyl groups is 1. The maximum absolute atomic E-state index is 12.7. The van der Waals surface area contributed by atoms with E-state index in [1.807, 2.05) is 24.3 Å². The summed E-state index contributed by atoms with van der Waals surface area (Å²) in [7, 11) is 0. The Morgan fingerprint density at radius 1 is 1.06 bits per heavy atom. The molecular weight excluding hydrogens is 448 g/mol. The second kappa shape index (κ2) is 10.9. The molecule has 2 aliphatic rings. The summed E-state index contributed by atoms with van der Waals surface area (Å²) in [6, 6.07) is 16.3. The number of aliphatic hydroxyl groups excluding tert-OH is 1. The molecule has 0 radical (unpaired) electrons. The minimum atomic E-state index is -0.999. The zero-order valence-electron chi connectivity index (χ0n) is 19.9. The van der Waals surface area contributed by atoms with Crippen LogP contribution in [0.25, 0.3) is 11.1 Å². The van der Waals surface area contributed by atoms with Crippen molar-refractivity contribution in [3.05, 3.63) is 59.7 Å². The topological polar surface area (TPSA) is 116 Å². The van der Waals surface area contributed by atoms with Crippen LogP contribution in [0.1, 0.15) is 43.2 Å². The van der Waals surface area contributed by atoms with Crippen molar-refractivity contribution in [2.75, 3.05) is 26.2 Å². The second-order valence-electron chi connectivity index (χ2n) is 9.46. The van der Waals surface area contributed by atoms with Gasteiger partial charge in [-0.2, -0.15) is 0 Å². The quantitative estimate of drug-likeness (QED) is 0.500. The Hall–Kier alpha value is -3.39. The summed E-state index contributed by atoms with van der Waals surface area (Å²) in [5.74, 6) is -2.25. The van der Waals surface area contributed by atoms with Crippen molar-refractivity contribution in [1.82, 2.24) is 10.2 Å². The van der Waals surface area contributed by atoms with Gasteiger partial charge >= 0.3 is 12.1 Å². The standard InChI is InChI=1S/C27H32N2O6/c1-17(25(31)29-14-18(26(32)33)13-19(30)15-29)7-6-12-28-27(34)35-16-24-22-10-4-2-8-20(22)21-9-3-5-11-23(21)24/h2-5,8-11,17-19,24,30H,6-7,12-16H2,1H3,(H,28,34)(H,32,33). The number of nitrogens with zero attached hydrogens (tertiary/aromatic N) is 1. The molecule has 0 spiro atoms. The number of hydrogen-bond donors (Lipinski definition) is 3. The number of nitrogens with one attached hydrogen (secondary N) is 1. The average Bonchev–Trinajstić information content (AvgIpc) is 3.18. The van der Waals surface area contributed by atoms with Crippen LogP contribution in [0.15, 0.2) is 48.5 Å². The van der Waals surface area contributed by atoms with Gasteiger partial charge in [-0.05, 0) is 41.5 Å². The van der Waals surface area contributed by atoms with Crippen LogP contribution in [0, 0.1) is 11.8 Å². The summed E-state index contributed by atoms with van der Waals surface area (Å²) in [5.41, 5.74) is 4.65. The second-order valence-corrected chi connectivity index (χ2v) is 9.46. The molecule has 0 bridgehead atoms. The van der Waals surface area contributed by atoms with Gasteiger partial charge in [0.25, 0.3) is 0 Å². The molecule has 8 heteroatoms. The molecule has 8 nitrogen and oxygen atoms in total. The molecule has 3 unspecified atom stereocenters. The lowest BCUT2D eigenvalue weighted by molar-refractivity contribution is -0.150. The third kappa shape index (κ3) is 5.65. The van der Waals surface area contributed by atoms with Gasteiger partial charge < -0.3 is 25.2 Å². The number of rotatable bonds is 8. The number of benzene rings is 2. The number of carbonyl (C=O) groups excluding carboxylic acids is 2. The highest BCUT2D eigenvalue weighted by molar-refractivity contribution is 5.80. The minimum absolute atomic E-state index is 0.000292. The van der Waals surface area contributed by atoms with Crippen LogP contribution < -0.4 is 5.32 Å². The Morgan fingerprint density at radius 3 is 2.31 bits per heavy atom. The van der Waals surface area contributed by atoms with Crippen LogP contribution in [-0.2, 0) is 14.3 Å². The van der Waals surface area contributed by atoms with Crippen LogP contribution in [0.3, 0.4) is 0 Å². The lowest BCUT2D eigenvalue weighted by atomic mass is 9.94. The maximum atomic E-state index is 12.7. The van der Waals surface area contributed by atoms with Crippen molar-refractivity contribution in [3.8, 4) is 11.1 Å². The first-order chi connectivity index (χ1) is 16.8. The molecule has 2 amide bonds. The number of carboxylic acid groups (broad SMARTS) is 1. The molecule has 3 N–H and O–H groups in total. The van der Waals surface area contributed by atoms with E-state index in [0.717, 1.165) is 11.1 Å². The van der Waals surface area contributed by atoms with Crippen molar-refractivity contribution in [1.29, 1.82) is 0 Å². The van der Waals surface area contributed by atoms with Gasteiger partial charge in [0.1, 0.15) is 6.61 Å². The molecule has 3 atom stereocenters. The number of β-amino-alcohol motifs (C(OH)–C–C–N with tert-alkyl or cyclic N) is 1. The number of aliphatic carboxylic acids is 1. The predicted octanol–water partition coefficient (Wildman–Crippen LogP) is 3.24. The lowest BCUT2D eigenvalue weighted by Crippen LogP contribution is -2.49. The molecule has 2 aromatic rings. The van der Waals surface area contributed by atoms with Gasteiger partial charge in [-0.3, -0.25) is 9.59 Å². The van der Waals surface area contributed by atoms with Crippen LogP contribution in [0.2, 0.25) is 0 Å². The average molecular weight is 481 g/mol. The Kier molecular flexibility index (Phi) is 7.70. The Morgan fingerprint density at radius 2 is 1.69 bits per heavy atom. The fraction of sp³-hybridized carbons (Fsp3) is 0.444. The van der Waals surface area contributed by atoms with E-state index >= 15 is 0 Å². The minimum Gasteiger partial charge on any atom is -0.481 e. The third-order valence-corrected chi connectivity index (χ3v) is 6.94. The lowest BCUT2D eigenvalue weighted by Gasteiger charge is -2.35. The summed E-state index contributed by atoms with van der Waals surface area (Å²) in [5, 5.41) is 21.9. The third-order valence-electron chi connectivity index (χ3n) is 6.94. The van der Waals surface area contributed by atoms with Crippen molar-refractivity contribution in [2.24, 2.45) is 11.8 Å². The fourth-order valence-electron chi connectivity index (χ4n) is 5.11. The largest absolute Gasteiger partial charge is 0.481 e. The first kappa shape index (κ1) is 24.7. The van der Waals surface area contributed by atoms with Crippen molar-refractivity contribution in [2.45, 2.75) is 38.2 Å². The molecule has 1 aliphatic carbocycles. The SMILES string of the molecule is CC(CCCNC(=O)OCC1c2ccccc2-c2ccccc21)C(=O)N1CC(O)CC(C(=O)O)C1. The summed E-state index contributed by atoms with van der Waals surface area (Å²) < 4.78 is 5.53. The highest BCUT2D eigenvalue weighted by atomic mass is 16.5. The first-order valence-electron chi connectivity index (χ1n) is 12.1. The Bertz CT molecular complexity index is 1040. The molecule has 2 aromatic carbocycles. The van der Waals surface area contributed by atoms with Gasteiger partial charge in [-0.25, -0.2) is 4.79 Å². The first-order valence-corrected chi connectivity index (χ1v) is 12.1. The zero-order valence-corrected chi connectivity index (χ0v) is 19.9. The van der Waals surface area contributed by atoms with Crippen LogP contribution in [0.5, 0.6) is 0 Å². The van der Waals surface area contributed by atoms with E-state index < -0.39 is 24.1 Å². The van der Waals surface area contributed by atoms with Crippen LogP contribution in [-0.4, -0.2) is 65.4 Å². The van der Waals surface area contributed by atoms with E-state index in [1.165, 1.54) is 16.0 Å². The van der Waals surface area contributed by atoms with Crippen molar-refractivity contribution < 1.29 is 29.3 Å². The number of alkyl carbamates (subject to hydrolysis) is 1. The smallest absolute Gasteiger partial charge is 0.407 e. The molecule has 1 aliphatic heterocycles. The van der Waals surface area contributed by atoms with Crippen molar-refractivity contribution >= 4 is 18.0 Å². The number of fused-ring (bicyclic) bond motifs is 3. The van der Waals surface area contributed by atoms with E-state index in [4.69, 9.17) is 4.74 Å². The highest BCUT2D eigenvalue weighted by Crippen LogP contribution is 2.44. The zero-order chi connectivity index (χ0) is 24.9. The fourth-order valence-corrected chi connectivity index (χ4v) is 5.11. The van der Waals surface area contributed by atoms with E-state index in [9.17, 15) is 24.6 Å². The number of carboxylic acids is 1. The molecule has 186 valence electrons.